The van der Waals surface area contributed by atoms with Crippen molar-refractivity contribution >= 4 is 0 Å². The van der Waals surface area contributed by atoms with Crippen LogP contribution in [0.2, 0.25) is 0 Å². The number of rotatable bonds is 7. The monoisotopic (exact) mass is 326 g/mol. The molecule has 0 saturated carbocycles. The maximum Gasteiger partial charge on any atom is 0.150 e. The highest BCUT2D eigenvalue weighted by Crippen LogP contribution is 2.18. The van der Waals surface area contributed by atoms with Crippen molar-refractivity contribution in [3.05, 3.63) is 84.1 Å². The minimum atomic E-state index is -0.755. The number of aliphatic hydroxyl groups excluding tert-OH is 1. The van der Waals surface area contributed by atoms with Gasteiger partial charge in [-0.3, -0.25) is 0 Å². The van der Waals surface area contributed by atoms with Crippen LogP contribution in [0, 0.1) is 0 Å². The molecule has 0 aromatic heterocycles. The van der Waals surface area contributed by atoms with E-state index in [1.54, 1.807) is 12.3 Å². The Morgan fingerprint density at radius 3 is 2.17 bits per heavy atom. The van der Waals surface area contributed by atoms with Gasteiger partial charge < -0.3 is 19.3 Å². The lowest BCUT2D eigenvalue weighted by Gasteiger charge is -2.31. The molecule has 126 valence electrons. The Labute approximate surface area is 142 Å². The van der Waals surface area contributed by atoms with Gasteiger partial charge >= 0.3 is 0 Å². The molecule has 0 aliphatic carbocycles. The molecule has 2 aromatic rings. The zero-order valence-electron chi connectivity index (χ0n) is 13.5. The van der Waals surface area contributed by atoms with Crippen molar-refractivity contribution in [1.82, 2.24) is 0 Å². The number of ether oxygens (including phenoxy) is 3. The van der Waals surface area contributed by atoms with Crippen molar-refractivity contribution in [2.45, 2.75) is 31.5 Å². The molecule has 1 heterocycles. The Bertz CT molecular complexity index is 627. The van der Waals surface area contributed by atoms with E-state index in [2.05, 4.69) is 0 Å². The number of hydrogen-bond acceptors (Lipinski definition) is 4. The molecular formula is C20H22O4. The van der Waals surface area contributed by atoms with Crippen LogP contribution in [0.5, 0.6) is 0 Å². The van der Waals surface area contributed by atoms with E-state index < -0.39 is 18.3 Å². The normalized spacial score (nSPS) is 23.0. The maximum atomic E-state index is 10.4. The van der Waals surface area contributed by atoms with E-state index in [1.165, 1.54) is 0 Å². The molecule has 24 heavy (non-hydrogen) atoms. The molecule has 1 aliphatic heterocycles. The van der Waals surface area contributed by atoms with Crippen LogP contribution in [-0.4, -0.2) is 30.0 Å². The van der Waals surface area contributed by atoms with Crippen LogP contribution in [-0.2, 0) is 27.4 Å². The third kappa shape index (κ3) is 4.68. The first-order chi connectivity index (χ1) is 11.8. The van der Waals surface area contributed by atoms with Crippen LogP contribution >= 0.6 is 0 Å². The van der Waals surface area contributed by atoms with E-state index in [-0.39, 0.29) is 0 Å². The van der Waals surface area contributed by atoms with Gasteiger partial charge in [-0.05, 0) is 17.2 Å². The van der Waals surface area contributed by atoms with Gasteiger partial charge in [0.05, 0.1) is 26.1 Å². The summed E-state index contributed by atoms with van der Waals surface area (Å²) in [5, 5.41) is 10.4. The van der Waals surface area contributed by atoms with Crippen LogP contribution in [0.15, 0.2) is 73.0 Å². The smallest absolute Gasteiger partial charge is 0.150 e. The molecular weight excluding hydrogens is 304 g/mol. The van der Waals surface area contributed by atoms with Gasteiger partial charge in [-0.15, -0.1) is 0 Å². The van der Waals surface area contributed by atoms with Crippen LogP contribution in [0.4, 0.5) is 0 Å². The molecule has 4 nitrogen and oxygen atoms in total. The van der Waals surface area contributed by atoms with Crippen molar-refractivity contribution < 1.29 is 19.3 Å². The van der Waals surface area contributed by atoms with Crippen LogP contribution < -0.4 is 0 Å². The average molecular weight is 326 g/mol. The molecule has 0 bridgehead atoms. The minimum Gasteiger partial charge on any atom is -0.493 e. The molecule has 0 amide bonds. The van der Waals surface area contributed by atoms with Crippen molar-refractivity contribution in [1.29, 1.82) is 0 Å². The third-order valence-corrected chi connectivity index (χ3v) is 3.92. The molecule has 1 N–H and O–H groups in total. The average Bonchev–Trinajstić information content (AvgIpc) is 2.64. The van der Waals surface area contributed by atoms with Gasteiger partial charge in [0, 0.05) is 0 Å². The van der Waals surface area contributed by atoms with Gasteiger partial charge in [-0.1, -0.05) is 60.7 Å². The lowest BCUT2D eigenvalue weighted by Crippen LogP contribution is -2.44. The Morgan fingerprint density at radius 1 is 0.875 bits per heavy atom. The van der Waals surface area contributed by atoms with Gasteiger partial charge in [0.1, 0.15) is 18.3 Å². The standard InChI is InChI=1S/C20H22O4/c21-20-18(24-14-17-9-5-2-6-10-17)11-12-23-19(20)15-22-13-16-7-3-1-4-8-16/h1-12,18-21H,13-15H2/t18-,19?,20?/m1/s1. The summed E-state index contributed by atoms with van der Waals surface area (Å²) in [6, 6.07) is 19.8. The zero-order chi connectivity index (χ0) is 16.6. The highest BCUT2D eigenvalue weighted by atomic mass is 16.6. The first-order valence-electron chi connectivity index (χ1n) is 8.10. The second-order valence-electron chi connectivity index (χ2n) is 5.76. The Kier molecular flexibility index (Phi) is 6.01. The number of aliphatic hydroxyl groups is 1. The van der Waals surface area contributed by atoms with Crippen LogP contribution in [0.1, 0.15) is 11.1 Å². The van der Waals surface area contributed by atoms with Crippen molar-refractivity contribution in [2.75, 3.05) is 6.61 Å². The van der Waals surface area contributed by atoms with Gasteiger partial charge in [0.2, 0.25) is 0 Å². The summed E-state index contributed by atoms with van der Waals surface area (Å²) in [6.07, 6.45) is 1.73. The summed E-state index contributed by atoms with van der Waals surface area (Å²) in [5.74, 6) is 0. The second kappa shape index (κ2) is 8.64. The summed E-state index contributed by atoms with van der Waals surface area (Å²) >= 11 is 0. The Hall–Kier alpha value is -2.14. The Morgan fingerprint density at radius 2 is 1.50 bits per heavy atom. The van der Waals surface area contributed by atoms with E-state index in [4.69, 9.17) is 14.2 Å². The Balaban J connectivity index is 1.46. The van der Waals surface area contributed by atoms with Crippen molar-refractivity contribution in [2.24, 2.45) is 0 Å². The SMILES string of the molecule is OC1C(COCc2ccccc2)OC=C[C@H]1OCc1ccccc1. The molecule has 1 aliphatic rings. The molecule has 0 radical (unpaired) electrons. The molecule has 0 fully saturated rings. The molecule has 3 atom stereocenters. The molecule has 3 rings (SSSR count). The minimum absolute atomic E-state index is 0.311. The van der Waals surface area contributed by atoms with E-state index in [9.17, 15) is 5.11 Å². The van der Waals surface area contributed by atoms with Gasteiger partial charge in [0.15, 0.2) is 0 Å². The van der Waals surface area contributed by atoms with Gasteiger partial charge in [-0.25, -0.2) is 0 Å². The van der Waals surface area contributed by atoms with E-state index in [0.717, 1.165) is 11.1 Å². The largest absolute Gasteiger partial charge is 0.493 e. The first-order valence-corrected chi connectivity index (χ1v) is 8.10. The number of benzene rings is 2. The van der Waals surface area contributed by atoms with Gasteiger partial charge in [0.25, 0.3) is 0 Å². The van der Waals surface area contributed by atoms with Crippen molar-refractivity contribution in [3.8, 4) is 0 Å². The molecule has 2 aromatic carbocycles. The molecule has 2 unspecified atom stereocenters. The molecule has 0 spiro atoms. The topological polar surface area (TPSA) is 47.9 Å². The van der Waals surface area contributed by atoms with Crippen molar-refractivity contribution in [3.63, 3.8) is 0 Å². The zero-order valence-corrected chi connectivity index (χ0v) is 13.5. The first kappa shape index (κ1) is 16.7. The molecule has 4 heteroatoms. The highest BCUT2D eigenvalue weighted by Gasteiger charge is 2.31. The summed E-state index contributed by atoms with van der Waals surface area (Å²) < 4.78 is 16.9. The predicted molar refractivity (Wildman–Crippen MR) is 91.1 cm³/mol. The van der Waals surface area contributed by atoms with Crippen LogP contribution in [0.3, 0.4) is 0 Å². The fourth-order valence-electron chi connectivity index (χ4n) is 2.56. The van der Waals surface area contributed by atoms with E-state index in [1.807, 2.05) is 60.7 Å². The summed E-state index contributed by atoms with van der Waals surface area (Å²) in [5.41, 5.74) is 2.16. The quantitative estimate of drug-likeness (QED) is 0.849. The fourth-order valence-corrected chi connectivity index (χ4v) is 2.56. The van der Waals surface area contributed by atoms with E-state index >= 15 is 0 Å². The lowest BCUT2D eigenvalue weighted by molar-refractivity contribution is -0.116. The predicted octanol–water partition coefficient (Wildman–Crippen LogP) is 3.06. The lowest BCUT2D eigenvalue weighted by atomic mass is 10.1. The summed E-state index contributed by atoms with van der Waals surface area (Å²) in [7, 11) is 0. The highest BCUT2D eigenvalue weighted by molar-refractivity contribution is 5.14. The van der Waals surface area contributed by atoms with Crippen LogP contribution in [0.25, 0.3) is 0 Å². The summed E-state index contributed by atoms with van der Waals surface area (Å²) in [6.45, 7) is 1.25. The van der Waals surface area contributed by atoms with Gasteiger partial charge in [-0.2, -0.15) is 0 Å². The summed E-state index contributed by atoms with van der Waals surface area (Å²) in [4.78, 5) is 0. The van der Waals surface area contributed by atoms with E-state index in [0.29, 0.717) is 19.8 Å². The number of hydrogen-bond donors (Lipinski definition) is 1. The fraction of sp³-hybridized carbons (Fsp3) is 0.300. The molecule has 0 saturated heterocycles. The third-order valence-electron chi connectivity index (χ3n) is 3.92. The maximum absolute atomic E-state index is 10.4. The second-order valence-corrected chi connectivity index (χ2v) is 5.76.